The molecule has 1 aliphatic carbocycles. The Hall–Kier alpha value is -3.25. The summed E-state index contributed by atoms with van der Waals surface area (Å²) in [4.78, 5) is 35.2. The van der Waals surface area contributed by atoms with Gasteiger partial charge in [0.05, 0.1) is 35.7 Å². The van der Waals surface area contributed by atoms with Crippen LogP contribution in [-0.4, -0.2) is 32.4 Å². The van der Waals surface area contributed by atoms with Gasteiger partial charge >= 0.3 is 0 Å². The molecule has 2 aliphatic rings. The van der Waals surface area contributed by atoms with Gasteiger partial charge in [0, 0.05) is 13.0 Å². The van der Waals surface area contributed by atoms with E-state index in [0.29, 0.717) is 24.1 Å². The molecule has 0 unspecified atom stereocenters. The number of carbonyl (C=O) groups is 1. The molecule has 2 N–H and O–H groups in total. The maximum Gasteiger partial charge on any atom is 0.256 e. The predicted octanol–water partition coefficient (Wildman–Crippen LogP) is 2.86. The van der Waals surface area contributed by atoms with E-state index in [1.54, 1.807) is 17.0 Å². The fraction of sp³-hybridized carbons (Fsp3) is 0.320. The molecule has 31 heavy (non-hydrogen) atoms. The number of aliphatic hydroxyl groups excluding tert-OH is 1. The third-order valence-electron chi connectivity index (χ3n) is 6.50. The summed E-state index contributed by atoms with van der Waals surface area (Å²) in [7, 11) is 0. The molecule has 2 aromatic carbocycles. The van der Waals surface area contributed by atoms with Crippen molar-refractivity contribution in [1.29, 1.82) is 0 Å². The zero-order valence-corrected chi connectivity index (χ0v) is 17.3. The van der Waals surface area contributed by atoms with Gasteiger partial charge in [0.15, 0.2) is 0 Å². The molecular formula is C25H25N3O3. The van der Waals surface area contributed by atoms with Crippen molar-refractivity contribution in [3.8, 4) is 0 Å². The highest BCUT2D eigenvalue weighted by Crippen LogP contribution is 2.51. The molecule has 1 aromatic heterocycles. The van der Waals surface area contributed by atoms with E-state index in [9.17, 15) is 14.7 Å². The number of H-pyrrole nitrogens is 1. The Morgan fingerprint density at radius 1 is 1.10 bits per heavy atom. The van der Waals surface area contributed by atoms with Crippen LogP contribution < -0.4 is 5.56 Å². The third kappa shape index (κ3) is 3.68. The quantitative estimate of drug-likeness (QED) is 0.671. The first-order valence-corrected chi connectivity index (χ1v) is 10.8. The second-order valence-electron chi connectivity index (χ2n) is 8.48. The van der Waals surface area contributed by atoms with Crippen molar-refractivity contribution in [1.82, 2.24) is 14.9 Å². The van der Waals surface area contributed by atoms with Crippen molar-refractivity contribution in [2.24, 2.45) is 0 Å². The first kappa shape index (κ1) is 19.7. The molecule has 1 aliphatic heterocycles. The fourth-order valence-electron chi connectivity index (χ4n) is 4.50. The first-order valence-electron chi connectivity index (χ1n) is 10.8. The van der Waals surface area contributed by atoms with Gasteiger partial charge in [0.1, 0.15) is 5.82 Å². The molecule has 3 aromatic rings. The average molecular weight is 415 g/mol. The summed E-state index contributed by atoms with van der Waals surface area (Å²) in [6, 6.07) is 19.4. The van der Waals surface area contributed by atoms with Gasteiger partial charge in [0.2, 0.25) is 5.91 Å². The van der Waals surface area contributed by atoms with E-state index in [1.165, 1.54) is 5.56 Å². The van der Waals surface area contributed by atoms with Crippen LogP contribution in [0.5, 0.6) is 0 Å². The lowest BCUT2D eigenvalue weighted by Gasteiger charge is -2.29. The minimum absolute atomic E-state index is 0.000117. The lowest BCUT2D eigenvalue weighted by atomic mass is 9.94. The molecule has 158 valence electrons. The molecule has 0 radical (unpaired) electrons. The molecule has 1 fully saturated rings. The van der Waals surface area contributed by atoms with E-state index in [1.807, 2.05) is 36.4 Å². The van der Waals surface area contributed by atoms with Crippen molar-refractivity contribution in [2.75, 3.05) is 6.54 Å². The summed E-state index contributed by atoms with van der Waals surface area (Å²) < 4.78 is 0. The van der Waals surface area contributed by atoms with E-state index < -0.39 is 6.10 Å². The second-order valence-corrected chi connectivity index (χ2v) is 8.48. The number of nitrogens with one attached hydrogen (secondary N) is 1. The second kappa shape index (κ2) is 7.78. The van der Waals surface area contributed by atoms with E-state index in [-0.39, 0.29) is 29.8 Å². The van der Waals surface area contributed by atoms with Crippen molar-refractivity contribution >= 4 is 5.91 Å². The topological polar surface area (TPSA) is 86.3 Å². The summed E-state index contributed by atoms with van der Waals surface area (Å²) in [6.07, 6.45) is 1.64. The number of fused-ring (bicyclic) bond motifs is 1. The smallest absolute Gasteiger partial charge is 0.256 e. The van der Waals surface area contributed by atoms with Crippen molar-refractivity contribution in [3.05, 3.63) is 99.2 Å². The highest BCUT2D eigenvalue weighted by Gasteiger charge is 2.48. The minimum atomic E-state index is -0.852. The molecule has 6 nitrogen and oxygen atoms in total. The predicted molar refractivity (Wildman–Crippen MR) is 116 cm³/mol. The summed E-state index contributed by atoms with van der Waals surface area (Å²) in [5, 5.41) is 10.4. The van der Waals surface area contributed by atoms with E-state index in [4.69, 9.17) is 4.98 Å². The van der Waals surface area contributed by atoms with E-state index in [0.717, 1.165) is 24.4 Å². The molecule has 0 bridgehead atoms. The number of rotatable bonds is 5. The third-order valence-corrected chi connectivity index (χ3v) is 6.50. The lowest BCUT2D eigenvalue weighted by Crippen LogP contribution is -2.40. The highest BCUT2D eigenvalue weighted by molar-refractivity contribution is 5.77. The Labute approximate surface area is 180 Å². The highest BCUT2D eigenvalue weighted by atomic mass is 16.3. The molecule has 2 heterocycles. The van der Waals surface area contributed by atoms with Crippen LogP contribution in [0.15, 0.2) is 65.5 Å². The normalized spacial score (nSPS) is 17.6. The van der Waals surface area contributed by atoms with Gasteiger partial charge in [-0.15, -0.1) is 0 Å². The Kier molecular flexibility index (Phi) is 4.94. The van der Waals surface area contributed by atoms with E-state index >= 15 is 0 Å². The first-order chi connectivity index (χ1) is 15.1. The molecule has 1 saturated carbocycles. The summed E-state index contributed by atoms with van der Waals surface area (Å²) in [6.45, 7) is 0.734. The lowest BCUT2D eigenvalue weighted by molar-refractivity contribution is -0.134. The Bertz CT molecular complexity index is 1150. The fourth-order valence-corrected chi connectivity index (χ4v) is 4.50. The van der Waals surface area contributed by atoms with Crippen molar-refractivity contribution < 1.29 is 9.90 Å². The number of amides is 1. The van der Waals surface area contributed by atoms with Crippen LogP contribution in [0.3, 0.4) is 0 Å². The molecule has 0 saturated heterocycles. The number of hydrogen-bond acceptors (Lipinski definition) is 4. The summed E-state index contributed by atoms with van der Waals surface area (Å²) in [5.74, 6) is 0.579. The molecule has 6 heteroatoms. The minimum Gasteiger partial charge on any atom is -0.388 e. The zero-order valence-electron chi connectivity index (χ0n) is 17.3. The van der Waals surface area contributed by atoms with Gasteiger partial charge in [-0.2, -0.15) is 0 Å². The molecular weight excluding hydrogens is 390 g/mol. The van der Waals surface area contributed by atoms with Crippen molar-refractivity contribution in [2.45, 2.75) is 43.7 Å². The van der Waals surface area contributed by atoms with Crippen LogP contribution in [0.25, 0.3) is 0 Å². The van der Waals surface area contributed by atoms with Crippen molar-refractivity contribution in [3.63, 3.8) is 0 Å². The van der Waals surface area contributed by atoms with Gasteiger partial charge < -0.3 is 15.0 Å². The van der Waals surface area contributed by atoms with Gasteiger partial charge in [-0.1, -0.05) is 60.7 Å². The standard InChI is InChI=1S/C25H25N3O3/c29-21(17-7-3-1-4-8-17)15-22(30)28-14-11-20-19(16-28)23(31)27-24(26-20)25(12-13-25)18-9-5-2-6-10-18/h1-10,21,29H,11-16H2,(H,26,27,31)/t21-/m1/s1. The van der Waals surface area contributed by atoms with Crippen LogP contribution in [0.4, 0.5) is 0 Å². The van der Waals surface area contributed by atoms with Gasteiger partial charge in [0.25, 0.3) is 5.56 Å². The SMILES string of the molecule is O=C(C[C@@H](O)c1ccccc1)N1CCc2nc(C3(c4ccccc4)CC3)[nH]c(=O)c2C1. The summed E-state index contributed by atoms with van der Waals surface area (Å²) >= 11 is 0. The van der Waals surface area contributed by atoms with Crippen LogP contribution in [0.1, 0.15) is 53.6 Å². The Morgan fingerprint density at radius 3 is 2.45 bits per heavy atom. The Morgan fingerprint density at radius 2 is 1.77 bits per heavy atom. The number of nitrogens with zero attached hydrogens (tertiary/aromatic N) is 2. The largest absolute Gasteiger partial charge is 0.388 e. The number of aromatic nitrogens is 2. The van der Waals surface area contributed by atoms with Crippen LogP contribution in [0.2, 0.25) is 0 Å². The maximum atomic E-state index is 12.9. The molecule has 5 rings (SSSR count). The number of aliphatic hydroxyl groups is 1. The molecule has 1 atom stereocenters. The average Bonchev–Trinajstić information content (AvgIpc) is 3.62. The number of benzene rings is 2. The molecule has 0 spiro atoms. The van der Waals surface area contributed by atoms with Gasteiger partial charge in [-0.25, -0.2) is 4.98 Å². The van der Waals surface area contributed by atoms with Crippen LogP contribution in [-0.2, 0) is 23.2 Å². The molecule has 1 amide bonds. The maximum absolute atomic E-state index is 12.9. The number of carbonyl (C=O) groups excluding carboxylic acids is 1. The zero-order chi connectivity index (χ0) is 21.4. The van der Waals surface area contributed by atoms with Crippen LogP contribution in [0, 0.1) is 0 Å². The van der Waals surface area contributed by atoms with Gasteiger partial charge in [-0.3, -0.25) is 9.59 Å². The van der Waals surface area contributed by atoms with Crippen LogP contribution >= 0.6 is 0 Å². The number of aromatic amines is 1. The summed E-state index contributed by atoms with van der Waals surface area (Å²) in [5.41, 5.74) is 2.88. The number of hydrogen-bond donors (Lipinski definition) is 2. The van der Waals surface area contributed by atoms with Gasteiger partial charge in [-0.05, 0) is 24.0 Å². The monoisotopic (exact) mass is 415 g/mol. The van der Waals surface area contributed by atoms with E-state index in [2.05, 4.69) is 17.1 Å². The Balaban J connectivity index is 1.34.